The van der Waals surface area contributed by atoms with E-state index in [1.807, 2.05) is 0 Å². The summed E-state index contributed by atoms with van der Waals surface area (Å²) in [6.45, 7) is 5.36. The van der Waals surface area contributed by atoms with Crippen molar-refractivity contribution in [2.75, 3.05) is 11.1 Å². The van der Waals surface area contributed by atoms with E-state index >= 15 is 0 Å². The molecule has 2 rings (SSSR count). The van der Waals surface area contributed by atoms with Crippen LogP contribution in [0.1, 0.15) is 31.1 Å². The first-order chi connectivity index (χ1) is 11.1. The molecule has 0 radical (unpaired) electrons. The fourth-order valence-electron chi connectivity index (χ4n) is 2.11. The second-order valence-electron chi connectivity index (χ2n) is 6.35. The van der Waals surface area contributed by atoms with E-state index in [1.54, 1.807) is 57.2 Å². The number of benzene rings is 2. The average Bonchev–Trinajstić information content (AvgIpc) is 2.45. The van der Waals surface area contributed by atoms with Crippen LogP contribution in [0.5, 0.6) is 0 Å². The molecule has 0 unspecified atom stereocenters. The summed E-state index contributed by atoms with van der Waals surface area (Å²) in [5.41, 5.74) is 7.74. The van der Waals surface area contributed by atoms with Gasteiger partial charge in [-0.15, -0.1) is 0 Å². The summed E-state index contributed by atoms with van der Waals surface area (Å²) in [5, 5.41) is 11.7. The summed E-state index contributed by atoms with van der Waals surface area (Å²) < 4.78 is 5.18. The van der Waals surface area contributed by atoms with E-state index in [1.165, 1.54) is 6.07 Å². The van der Waals surface area contributed by atoms with E-state index in [9.17, 15) is 9.59 Å². The number of aromatic carboxylic acids is 1. The second-order valence-corrected chi connectivity index (χ2v) is 6.35. The van der Waals surface area contributed by atoms with Crippen LogP contribution < -0.4 is 11.1 Å². The Bertz CT molecular complexity index is 762. The van der Waals surface area contributed by atoms with Gasteiger partial charge in [0, 0.05) is 11.4 Å². The number of nitrogen functional groups attached to an aromatic ring is 1. The lowest BCUT2D eigenvalue weighted by Gasteiger charge is -2.19. The molecule has 0 saturated carbocycles. The molecule has 1 amide bonds. The number of carboxylic acids is 1. The van der Waals surface area contributed by atoms with Gasteiger partial charge in [-0.05, 0) is 62.2 Å². The number of carbonyl (C=O) groups is 2. The van der Waals surface area contributed by atoms with Crippen LogP contribution in [0.25, 0.3) is 11.1 Å². The van der Waals surface area contributed by atoms with Crippen molar-refractivity contribution in [3.8, 4) is 11.1 Å². The van der Waals surface area contributed by atoms with Crippen molar-refractivity contribution in [1.82, 2.24) is 0 Å². The van der Waals surface area contributed by atoms with Crippen molar-refractivity contribution in [2.24, 2.45) is 0 Å². The molecule has 0 atom stereocenters. The van der Waals surface area contributed by atoms with Crippen LogP contribution in [0.2, 0.25) is 0 Å². The van der Waals surface area contributed by atoms with Crippen molar-refractivity contribution < 1.29 is 19.4 Å². The van der Waals surface area contributed by atoms with E-state index in [0.29, 0.717) is 16.9 Å². The number of hydrogen-bond donors (Lipinski definition) is 3. The maximum Gasteiger partial charge on any atom is 0.412 e. The molecule has 24 heavy (non-hydrogen) atoms. The molecular weight excluding hydrogens is 308 g/mol. The Morgan fingerprint density at radius 2 is 1.67 bits per heavy atom. The number of carboxylic acid groups (broad SMARTS) is 1. The Balaban J connectivity index is 2.18. The molecule has 6 nitrogen and oxygen atoms in total. The molecule has 0 saturated heterocycles. The topological polar surface area (TPSA) is 102 Å². The number of nitrogens with one attached hydrogen (secondary N) is 1. The maximum atomic E-state index is 11.7. The van der Waals surface area contributed by atoms with Gasteiger partial charge in [0.2, 0.25) is 0 Å². The minimum Gasteiger partial charge on any atom is -0.478 e. The van der Waals surface area contributed by atoms with E-state index < -0.39 is 17.7 Å². The van der Waals surface area contributed by atoms with Gasteiger partial charge in [-0.25, -0.2) is 9.59 Å². The quantitative estimate of drug-likeness (QED) is 0.740. The van der Waals surface area contributed by atoms with E-state index in [4.69, 9.17) is 15.6 Å². The SMILES string of the molecule is CC(C)(C)OC(=O)Nc1ccc(-c2cc(N)cc(C(=O)O)c2)cc1. The number of carbonyl (C=O) groups excluding carboxylic acids is 1. The zero-order valence-electron chi connectivity index (χ0n) is 13.8. The van der Waals surface area contributed by atoms with Crippen molar-refractivity contribution >= 4 is 23.4 Å². The van der Waals surface area contributed by atoms with Crippen LogP contribution in [0, 0.1) is 0 Å². The minimum atomic E-state index is -1.04. The largest absolute Gasteiger partial charge is 0.478 e. The lowest BCUT2D eigenvalue weighted by Crippen LogP contribution is -2.27. The number of ether oxygens (including phenoxy) is 1. The van der Waals surface area contributed by atoms with Gasteiger partial charge in [-0.1, -0.05) is 12.1 Å². The molecule has 0 aliphatic rings. The summed E-state index contributed by atoms with van der Waals surface area (Å²) in [4.78, 5) is 22.8. The molecule has 0 aliphatic carbocycles. The van der Waals surface area contributed by atoms with Gasteiger partial charge in [-0.3, -0.25) is 5.32 Å². The number of rotatable bonds is 3. The maximum absolute atomic E-state index is 11.7. The van der Waals surface area contributed by atoms with Crippen LogP contribution in [0.3, 0.4) is 0 Å². The molecule has 0 spiro atoms. The number of hydrogen-bond acceptors (Lipinski definition) is 4. The lowest BCUT2D eigenvalue weighted by molar-refractivity contribution is 0.0634. The lowest BCUT2D eigenvalue weighted by atomic mass is 10.0. The third kappa shape index (κ3) is 4.74. The average molecular weight is 328 g/mol. The van der Waals surface area contributed by atoms with Gasteiger partial charge < -0.3 is 15.6 Å². The summed E-state index contributed by atoms with van der Waals surface area (Å²) in [5.74, 6) is -1.04. The van der Waals surface area contributed by atoms with Gasteiger partial charge in [0.1, 0.15) is 5.60 Å². The van der Waals surface area contributed by atoms with Gasteiger partial charge in [0.25, 0.3) is 0 Å². The van der Waals surface area contributed by atoms with E-state index in [2.05, 4.69) is 5.32 Å². The summed E-state index contributed by atoms with van der Waals surface area (Å²) in [7, 11) is 0. The molecule has 0 bridgehead atoms. The molecule has 0 heterocycles. The fraction of sp³-hybridized carbons (Fsp3) is 0.222. The molecule has 0 aliphatic heterocycles. The van der Waals surface area contributed by atoms with Gasteiger partial charge in [0.15, 0.2) is 0 Å². The number of nitrogens with two attached hydrogens (primary N) is 1. The van der Waals surface area contributed by atoms with Crippen molar-refractivity contribution in [2.45, 2.75) is 26.4 Å². The molecule has 6 heteroatoms. The first kappa shape index (κ1) is 17.3. The Morgan fingerprint density at radius 3 is 2.21 bits per heavy atom. The summed E-state index contributed by atoms with van der Waals surface area (Å²) in [6, 6.07) is 11.6. The molecule has 0 fully saturated rings. The van der Waals surface area contributed by atoms with Crippen LogP contribution in [0.15, 0.2) is 42.5 Å². The third-order valence-corrected chi connectivity index (χ3v) is 3.07. The van der Waals surface area contributed by atoms with E-state index in [0.717, 1.165) is 5.56 Å². The smallest absolute Gasteiger partial charge is 0.412 e. The Labute approximate surface area is 140 Å². The van der Waals surface area contributed by atoms with Gasteiger partial charge in [0.05, 0.1) is 5.56 Å². The molecule has 0 aromatic heterocycles. The highest BCUT2D eigenvalue weighted by Gasteiger charge is 2.16. The van der Waals surface area contributed by atoms with Crippen LogP contribution in [-0.2, 0) is 4.74 Å². The fourth-order valence-corrected chi connectivity index (χ4v) is 2.11. The molecule has 4 N–H and O–H groups in total. The minimum absolute atomic E-state index is 0.126. The zero-order chi connectivity index (χ0) is 17.9. The number of anilines is 2. The molecule has 2 aromatic carbocycles. The predicted molar refractivity (Wildman–Crippen MR) is 93.1 cm³/mol. The Hall–Kier alpha value is -3.02. The number of amides is 1. The first-order valence-electron chi connectivity index (χ1n) is 7.38. The molecule has 126 valence electrons. The highest BCUT2D eigenvalue weighted by molar-refractivity contribution is 5.91. The van der Waals surface area contributed by atoms with Crippen LogP contribution in [0.4, 0.5) is 16.2 Å². The second kappa shape index (κ2) is 6.62. The Morgan fingerprint density at radius 1 is 1.04 bits per heavy atom. The van der Waals surface area contributed by atoms with Gasteiger partial charge in [-0.2, -0.15) is 0 Å². The standard InChI is InChI=1S/C18H20N2O4/c1-18(2,3)24-17(23)20-15-6-4-11(5-7-15)12-8-13(16(21)22)10-14(19)9-12/h4-10H,19H2,1-3H3,(H,20,23)(H,21,22). The first-order valence-corrected chi connectivity index (χ1v) is 7.38. The van der Waals surface area contributed by atoms with E-state index in [-0.39, 0.29) is 5.56 Å². The molecule has 2 aromatic rings. The monoisotopic (exact) mass is 328 g/mol. The van der Waals surface area contributed by atoms with Crippen molar-refractivity contribution in [3.63, 3.8) is 0 Å². The predicted octanol–water partition coefficient (Wildman–Crippen LogP) is 3.98. The van der Waals surface area contributed by atoms with Gasteiger partial charge >= 0.3 is 12.1 Å². The highest BCUT2D eigenvalue weighted by Crippen LogP contribution is 2.25. The third-order valence-electron chi connectivity index (χ3n) is 3.07. The molecular formula is C18H20N2O4. The van der Waals surface area contributed by atoms with Crippen LogP contribution in [-0.4, -0.2) is 22.8 Å². The normalized spacial score (nSPS) is 11.0. The van der Waals surface area contributed by atoms with Crippen molar-refractivity contribution in [3.05, 3.63) is 48.0 Å². The zero-order valence-corrected chi connectivity index (χ0v) is 13.8. The Kier molecular flexibility index (Phi) is 4.78. The summed E-state index contributed by atoms with van der Waals surface area (Å²) >= 11 is 0. The highest BCUT2D eigenvalue weighted by atomic mass is 16.6. The van der Waals surface area contributed by atoms with Crippen LogP contribution >= 0.6 is 0 Å². The summed E-state index contributed by atoms with van der Waals surface area (Å²) in [6.07, 6.45) is -0.535. The van der Waals surface area contributed by atoms with Crippen molar-refractivity contribution in [1.29, 1.82) is 0 Å².